The fraction of sp³-hybridized carbons (Fsp3) is 0.474. The van der Waals surface area contributed by atoms with Crippen LogP contribution in [0.25, 0.3) is 6.08 Å². The van der Waals surface area contributed by atoms with Crippen molar-refractivity contribution >= 4 is 12.0 Å². The second-order valence-corrected chi connectivity index (χ2v) is 5.21. The summed E-state index contributed by atoms with van der Waals surface area (Å²) in [5.74, 6) is 0.594. The first-order chi connectivity index (χ1) is 11.7. The van der Waals surface area contributed by atoms with E-state index in [2.05, 4.69) is 6.92 Å². The molecule has 1 aromatic carbocycles. The summed E-state index contributed by atoms with van der Waals surface area (Å²) >= 11 is 0. The number of hydrogen-bond donors (Lipinski definition) is 0. The van der Waals surface area contributed by atoms with E-state index < -0.39 is 5.97 Å². The van der Waals surface area contributed by atoms with Crippen LogP contribution in [0.3, 0.4) is 0 Å². The Bertz CT molecular complexity index is 602. The van der Waals surface area contributed by atoms with Gasteiger partial charge in [-0.05, 0) is 37.1 Å². The fourth-order valence-corrected chi connectivity index (χ4v) is 2.12. The number of nitrogens with zero attached hydrogens (tertiary/aromatic N) is 1. The summed E-state index contributed by atoms with van der Waals surface area (Å²) in [6.45, 7) is 4.73. The van der Waals surface area contributed by atoms with E-state index in [4.69, 9.17) is 19.5 Å². The molecule has 0 unspecified atom stereocenters. The molecule has 0 radical (unpaired) electrons. The SMILES string of the molecule is CCCCCCOc1ccc(/C=C(\C#N)C(=O)OCC)cc1OC. The van der Waals surface area contributed by atoms with Gasteiger partial charge >= 0.3 is 5.97 Å². The number of rotatable bonds is 10. The maximum absolute atomic E-state index is 11.7. The van der Waals surface area contributed by atoms with Crippen LogP contribution in [0.4, 0.5) is 0 Å². The lowest BCUT2D eigenvalue weighted by atomic mass is 10.1. The molecular weight excluding hydrogens is 306 g/mol. The highest BCUT2D eigenvalue weighted by atomic mass is 16.5. The van der Waals surface area contributed by atoms with Crippen LogP contribution >= 0.6 is 0 Å². The molecule has 24 heavy (non-hydrogen) atoms. The monoisotopic (exact) mass is 331 g/mol. The van der Waals surface area contributed by atoms with Crippen LogP contribution in [0.5, 0.6) is 11.5 Å². The Morgan fingerprint density at radius 2 is 2.00 bits per heavy atom. The Morgan fingerprint density at radius 3 is 2.62 bits per heavy atom. The average molecular weight is 331 g/mol. The molecule has 0 bridgehead atoms. The quantitative estimate of drug-likeness (QED) is 0.279. The van der Waals surface area contributed by atoms with E-state index >= 15 is 0 Å². The third-order valence-electron chi connectivity index (χ3n) is 3.37. The average Bonchev–Trinajstić information content (AvgIpc) is 2.60. The number of methoxy groups -OCH3 is 1. The van der Waals surface area contributed by atoms with Gasteiger partial charge in [0.05, 0.1) is 20.3 Å². The summed E-state index contributed by atoms with van der Waals surface area (Å²) in [7, 11) is 1.56. The van der Waals surface area contributed by atoms with Gasteiger partial charge in [0.1, 0.15) is 11.6 Å². The first-order valence-electron chi connectivity index (χ1n) is 8.26. The van der Waals surface area contributed by atoms with E-state index in [9.17, 15) is 4.79 Å². The molecule has 0 aliphatic rings. The minimum absolute atomic E-state index is 0.0489. The number of benzene rings is 1. The maximum Gasteiger partial charge on any atom is 0.348 e. The van der Waals surface area contributed by atoms with E-state index in [-0.39, 0.29) is 12.2 Å². The third-order valence-corrected chi connectivity index (χ3v) is 3.37. The minimum Gasteiger partial charge on any atom is -0.493 e. The van der Waals surface area contributed by atoms with Crippen molar-refractivity contribution in [3.05, 3.63) is 29.3 Å². The fourth-order valence-electron chi connectivity index (χ4n) is 2.12. The number of carbonyl (C=O) groups excluding carboxylic acids is 1. The molecule has 0 spiro atoms. The van der Waals surface area contributed by atoms with E-state index in [1.807, 2.05) is 6.07 Å². The number of carbonyl (C=O) groups is 1. The number of nitriles is 1. The van der Waals surface area contributed by atoms with Crippen molar-refractivity contribution in [2.45, 2.75) is 39.5 Å². The molecule has 0 aliphatic carbocycles. The molecule has 0 atom stereocenters. The summed E-state index contributed by atoms with van der Waals surface area (Å²) in [5, 5.41) is 9.08. The molecule has 0 saturated heterocycles. The van der Waals surface area contributed by atoms with Crippen molar-refractivity contribution in [3.8, 4) is 17.6 Å². The van der Waals surface area contributed by atoms with Crippen LogP contribution < -0.4 is 9.47 Å². The standard InChI is InChI=1S/C19H25NO4/c1-4-6-7-8-11-24-17-10-9-15(13-18(17)22-3)12-16(14-20)19(21)23-5-2/h9-10,12-13H,4-8,11H2,1-3H3/b16-12+. The van der Waals surface area contributed by atoms with Crippen molar-refractivity contribution in [3.63, 3.8) is 0 Å². The Hall–Kier alpha value is -2.48. The number of ether oxygens (including phenoxy) is 3. The highest BCUT2D eigenvalue weighted by molar-refractivity contribution is 5.97. The molecular formula is C19H25NO4. The summed E-state index contributed by atoms with van der Waals surface area (Å²) in [4.78, 5) is 11.7. The largest absolute Gasteiger partial charge is 0.493 e. The Balaban J connectivity index is 2.82. The van der Waals surface area contributed by atoms with E-state index in [0.29, 0.717) is 23.7 Å². The van der Waals surface area contributed by atoms with Gasteiger partial charge in [0.2, 0.25) is 0 Å². The van der Waals surface area contributed by atoms with Gasteiger partial charge in [-0.25, -0.2) is 4.79 Å². The lowest BCUT2D eigenvalue weighted by molar-refractivity contribution is -0.137. The van der Waals surface area contributed by atoms with Crippen LogP contribution in [0.2, 0.25) is 0 Å². The maximum atomic E-state index is 11.7. The highest BCUT2D eigenvalue weighted by Gasteiger charge is 2.11. The molecule has 5 nitrogen and oxygen atoms in total. The van der Waals surface area contributed by atoms with Crippen LogP contribution in [-0.4, -0.2) is 26.3 Å². The molecule has 0 saturated carbocycles. The lowest BCUT2D eigenvalue weighted by Crippen LogP contribution is -2.06. The summed E-state index contributed by atoms with van der Waals surface area (Å²) in [6.07, 6.45) is 6.01. The molecule has 5 heteroatoms. The van der Waals surface area contributed by atoms with E-state index in [1.54, 1.807) is 32.2 Å². The van der Waals surface area contributed by atoms with Crippen LogP contribution in [-0.2, 0) is 9.53 Å². The predicted molar refractivity (Wildman–Crippen MR) is 92.9 cm³/mol. The molecule has 0 N–H and O–H groups in total. The van der Waals surface area contributed by atoms with Crippen LogP contribution in [0, 0.1) is 11.3 Å². The Labute approximate surface area is 143 Å². The predicted octanol–water partition coefficient (Wildman–Crippen LogP) is 4.12. The van der Waals surface area contributed by atoms with Gasteiger partial charge in [0.15, 0.2) is 11.5 Å². The van der Waals surface area contributed by atoms with Gasteiger partial charge in [-0.15, -0.1) is 0 Å². The zero-order chi connectivity index (χ0) is 17.8. The van der Waals surface area contributed by atoms with Crippen molar-refractivity contribution in [2.75, 3.05) is 20.3 Å². The second-order valence-electron chi connectivity index (χ2n) is 5.21. The molecule has 0 aliphatic heterocycles. The van der Waals surface area contributed by atoms with Gasteiger partial charge in [-0.3, -0.25) is 0 Å². The van der Waals surface area contributed by atoms with Gasteiger partial charge in [-0.1, -0.05) is 32.3 Å². The topological polar surface area (TPSA) is 68.5 Å². The van der Waals surface area contributed by atoms with Gasteiger partial charge in [0, 0.05) is 0 Å². The smallest absolute Gasteiger partial charge is 0.348 e. The molecule has 0 fully saturated rings. The van der Waals surface area contributed by atoms with Crippen LogP contribution in [0.15, 0.2) is 23.8 Å². The zero-order valence-corrected chi connectivity index (χ0v) is 14.6. The summed E-state index contributed by atoms with van der Waals surface area (Å²) < 4.78 is 15.9. The normalized spacial score (nSPS) is 10.8. The van der Waals surface area contributed by atoms with Gasteiger partial charge < -0.3 is 14.2 Å². The molecule has 130 valence electrons. The first-order valence-corrected chi connectivity index (χ1v) is 8.26. The summed E-state index contributed by atoms with van der Waals surface area (Å²) in [5.41, 5.74) is 0.627. The van der Waals surface area contributed by atoms with Crippen molar-refractivity contribution < 1.29 is 19.0 Å². The number of esters is 1. The second kappa shape index (κ2) is 11.1. The molecule has 0 aromatic heterocycles. The Kier molecular flexibility index (Phi) is 9.06. The molecule has 1 rings (SSSR count). The minimum atomic E-state index is -0.629. The van der Waals surface area contributed by atoms with Crippen LogP contribution in [0.1, 0.15) is 45.1 Å². The summed E-state index contributed by atoms with van der Waals surface area (Å²) in [6, 6.07) is 7.15. The van der Waals surface area contributed by atoms with Gasteiger partial charge in [0.25, 0.3) is 0 Å². The van der Waals surface area contributed by atoms with Crippen molar-refractivity contribution in [1.82, 2.24) is 0 Å². The van der Waals surface area contributed by atoms with E-state index in [0.717, 1.165) is 12.8 Å². The molecule has 1 aromatic rings. The van der Waals surface area contributed by atoms with Crippen molar-refractivity contribution in [2.24, 2.45) is 0 Å². The number of hydrogen-bond acceptors (Lipinski definition) is 5. The highest BCUT2D eigenvalue weighted by Crippen LogP contribution is 2.29. The zero-order valence-electron chi connectivity index (χ0n) is 14.6. The Morgan fingerprint density at radius 1 is 1.21 bits per heavy atom. The van der Waals surface area contributed by atoms with E-state index in [1.165, 1.54) is 18.9 Å². The number of unbranched alkanes of at least 4 members (excludes halogenated alkanes) is 3. The van der Waals surface area contributed by atoms with Gasteiger partial charge in [-0.2, -0.15) is 5.26 Å². The third kappa shape index (κ3) is 6.33. The van der Waals surface area contributed by atoms with Crippen molar-refractivity contribution in [1.29, 1.82) is 5.26 Å². The molecule has 0 heterocycles. The first kappa shape index (κ1) is 19.6. The molecule has 0 amide bonds. The lowest BCUT2D eigenvalue weighted by Gasteiger charge is -2.11.